The third kappa shape index (κ3) is 5.61. The van der Waals surface area contributed by atoms with Crippen molar-refractivity contribution in [3.63, 3.8) is 0 Å². The fourth-order valence-corrected chi connectivity index (χ4v) is 4.06. The molecule has 166 valence electrons. The van der Waals surface area contributed by atoms with Gasteiger partial charge in [-0.2, -0.15) is 0 Å². The molecule has 1 amide bonds. The number of nitrogens with zero attached hydrogens (tertiary/aromatic N) is 2. The largest absolute Gasteiger partial charge is 0.494 e. The third-order valence-electron chi connectivity index (χ3n) is 5.64. The molecular weight excluding hydrogens is 422 g/mol. The smallest absolute Gasteiger partial charge is 0.255 e. The quantitative estimate of drug-likeness (QED) is 0.530. The second-order valence-electron chi connectivity index (χ2n) is 7.81. The topological polar surface area (TPSA) is 44.8 Å². The summed E-state index contributed by atoms with van der Waals surface area (Å²) in [5.41, 5.74) is 3.73. The molecule has 0 unspecified atom stereocenters. The van der Waals surface area contributed by atoms with Gasteiger partial charge in [0, 0.05) is 54.7 Å². The first-order valence-electron chi connectivity index (χ1n) is 11.0. The Hall–Kier alpha value is -3.02. The van der Waals surface area contributed by atoms with Crippen LogP contribution in [0.3, 0.4) is 0 Å². The van der Waals surface area contributed by atoms with Crippen LogP contribution in [0.2, 0.25) is 5.02 Å². The number of hydrogen-bond acceptors (Lipinski definition) is 4. The Bertz CT molecular complexity index is 1030. The first-order valence-corrected chi connectivity index (χ1v) is 11.3. The van der Waals surface area contributed by atoms with Gasteiger partial charge in [-0.1, -0.05) is 29.8 Å². The molecule has 1 fully saturated rings. The molecule has 1 saturated heterocycles. The lowest BCUT2D eigenvalue weighted by Gasteiger charge is -2.36. The van der Waals surface area contributed by atoms with Crippen LogP contribution in [0, 0.1) is 0 Å². The maximum absolute atomic E-state index is 12.5. The lowest BCUT2D eigenvalue weighted by molar-refractivity contribution is 0.102. The van der Waals surface area contributed by atoms with Crippen LogP contribution < -0.4 is 15.0 Å². The molecule has 0 spiro atoms. The molecular formula is C26H28ClN3O2. The molecule has 0 aliphatic carbocycles. The summed E-state index contributed by atoms with van der Waals surface area (Å²) in [4.78, 5) is 17.3. The van der Waals surface area contributed by atoms with Crippen LogP contribution in [0.5, 0.6) is 5.75 Å². The molecule has 32 heavy (non-hydrogen) atoms. The lowest BCUT2D eigenvalue weighted by atomic mass is 10.1. The number of carbonyl (C=O) groups excluding carboxylic acids is 1. The molecule has 0 atom stereocenters. The van der Waals surface area contributed by atoms with Crippen molar-refractivity contribution in [3.8, 4) is 5.75 Å². The van der Waals surface area contributed by atoms with E-state index in [9.17, 15) is 4.79 Å². The number of piperazine rings is 1. The maximum atomic E-state index is 12.5. The van der Waals surface area contributed by atoms with E-state index in [1.54, 1.807) is 12.1 Å². The Morgan fingerprint density at radius 2 is 1.62 bits per heavy atom. The van der Waals surface area contributed by atoms with E-state index < -0.39 is 0 Å². The average Bonchev–Trinajstić information content (AvgIpc) is 2.82. The molecule has 1 heterocycles. The maximum Gasteiger partial charge on any atom is 0.255 e. The number of amides is 1. The van der Waals surface area contributed by atoms with Crippen molar-refractivity contribution in [2.24, 2.45) is 0 Å². The molecule has 5 nitrogen and oxygen atoms in total. The highest BCUT2D eigenvalue weighted by Gasteiger charge is 2.18. The summed E-state index contributed by atoms with van der Waals surface area (Å²) < 4.78 is 5.43. The van der Waals surface area contributed by atoms with E-state index in [-0.39, 0.29) is 5.91 Å². The second-order valence-corrected chi connectivity index (χ2v) is 8.22. The van der Waals surface area contributed by atoms with Gasteiger partial charge in [0.05, 0.1) is 6.61 Å². The van der Waals surface area contributed by atoms with Gasteiger partial charge >= 0.3 is 0 Å². The van der Waals surface area contributed by atoms with Crippen LogP contribution in [0.1, 0.15) is 22.8 Å². The molecule has 0 aromatic heterocycles. The summed E-state index contributed by atoms with van der Waals surface area (Å²) in [5.74, 6) is 0.634. The van der Waals surface area contributed by atoms with E-state index >= 15 is 0 Å². The number of hydrogen-bond donors (Lipinski definition) is 1. The van der Waals surface area contributed by atoms with Crippen molar-refractivity contribution in [2.45, 2.75) is 13.5 Å². The Morgan fingerprint density at radius 3 is 2.28 bits per heavy atom. The molecule has 4 rings (SSSR count). The van der Waals surface area contributed by atoms with Gasteiger partial charge in [0.1, 0.15) is 5.75 Å². The van der Waals surface area contributed by atoms with Crippen molar-refractivity contribution >= 4 is 28.9 Å². The highest BCUT2D eigenvalue weighted by atomic mass is 35.5. The Morgan fingerprint density at radius 1 is 0.938 bits per heavy atom. The molecule has 6 heteroatoms. The van der Waals surface area contributed by atoms with E-state index in [1.807, 2.05) is 49.4 Å². The van der Waals surface area contributed by atoms with Gasteiger partial charge in [-0.25, -0.2) is 0 Å². The van der Waals surface area contributed by atoms with Crippen molar-refractivity contribution in [2.75, 3.05) is 43.0 Å². The Labute approximate surface area is 194 Å². The standard InChI is InChI=1S/C26H28ClN3O2/c1-2-32-24-13-7-20(8-14-24)26(31)28-22-9-11-23(12-10-22)30-17-15-29(16-18-30)19-21-5-3-4-6-25(21)27/h3-14H,2,15-19H2,1H3,(H,28,31). The zero-order valence-electron chi connectivity index (χ0n) is 18.3. The average molecular weight is 450 g/mol. The fourth-order valence-electron chi connectivity index (χ4n) is 3.86. The van der Waals surface area contributed by atoms with Crippen LogP contribution in [0.25, 0.3) is 0 Å². The van der Waals surface area contributed by atoms with E-state index in [2.05, 4.69) is 33.3 Å². The first kappa shape index (κ1) is 22.2. The van der Waals surface area contributed by atoms with Crippen LogP contribution in [-0.2, 0) is 6.54 Å². The van der Waals surface area contributed by atoms with E-state index in [0.717, 1.165) is 49.2 Å². The number of carbonyl (C=O) groups is 1. The van der Waals surface area contributed by atoms with Gasteiger partial charge < -0.3 is 15.0 Å². The monoisotopic (exact) mass is 449 g/mol. The van der Waals surface area contributed by atoms with Crippen LogP contribution in [-0.4, -0.2) is 43.6 Å². The number of nitrogens with one attached hydrogen (secondary N) is 1. The number of ether oxygens (including phenoxy) is 1. The minimum Gasteiger partial charge on any atom is -0.494 e. The summed E-state index contributed by atoms with van der Waals surface area (Å²) in [6, 6.07) is 23.3. The molecule has 0 radical (unpaired) electrons. The molecule has 1 aliphatic rings. The van der Waals surface area contributed by atoms with Gasteiger partial charge in [0.25, 0.3) is 5.91 Å². The van der Waals surface area contributed by atoms with Crippen LogP contribution in [0.15, 0.2) is 72.8 Å². The van der Waals surface area contributed by atoms with E-state index in [0.29, 0.717) is 12.2 Å². The lowest BCUT2D eigenvalue weighted by Crippen LogP contribution is -2.46. The summed E-state index contributed by atoms with van der Waals surface area (Å²) in [7, 11) is 0. The molecule has 3 aromatic carbocycles. The second kappa shape index (κ2) is 10.5. The third-order valence-corrected chi connectivity index (χ3v) is 6.01. The number of halogens is 1. The highest BCUT2D eigenvalue weighted by molar-refractivity contribution is 6.31. The number of anilines is 2. The minimum atomic E-state index is -0.131. The van der Waals surface area contributed by atoms with Crippen LogP contribution >= 0.6 is 11.6 Å². The zero-order chi connectivity index (χ0) is 22.3. The molecule has 1 aliphatic heterocycles. The van der Waals surface area contributed by atoms with Crippen molar-refractivity contribution in [1.82, 2.24) is 4.90 Å². The Balaban J connectivity index is 1.29. The fraction of sp³-hybridized carbons (Fsp3) is 0.269. The van der Waals surface area contributed by atoms with Crippen molar-refractivity contribution in [1.29, 1.82) is 0 Å². The SMILES string of the molecule is CCOc1ccc(C(=O)Nc2ccc(N3CCN(Cc4ccccc4Cl)CC3)cc2)cc1. The predicted octanol–water partition coefficient (Wildman–Crippen LogP) is 5.31. The highest BCUT2D eigenvalue weighted by Crippen LogP contribution is 2.22. The first-order chi connectivity index (χ1) is 15.6. The summed E-state index contributed by atoms with van der Waals surface area (Å²) in [6.45, 7) is 7.32. The van der Waals surface area contributed by atoms with Crippen molar-refractivity contribution < 1.29 is 9.53 Å². The van der Waals surface area contributed by atoms with Gasteiger partial charge in [-0.3, -0.25) is 9.69 Å². The summed E-state index contributed by atoms with van der Waals surface area (Å²) in [5, 5.41) is 3.79. The van der Waals surface area contributed by atoms with Gasteiger partial charge in [-0.05, 0) is 67.1 Å². The van der Waals surface area contributed by atoms with Crippen molar-refractivity contribution in [3.05, 3.63) is 88.9 Å². The van der Waals surface area contributed by atoms with E-state index in [1.165, 1.54) is 11.3 Å². The normalized spacial score (nSPS) is 14.2. The number of rotatable bonds is 7. The zero-order valence-corrected chi connectivity index (χ0v) is 19.0. The van der Waals surface area contributed by atoms with Gasteiger partial charge in [0.2, 0.25) is 0 Å². The predicted molar refractivity (Wildman–Crippen MR) is 131 cm³/mol. The Kier molecular flexibility index (Phi) is 7.30. The number of benzene rings is 3. The van der Waals surface area contributed by atoms with Gasteiger partial charge in [0.15, 0.2) is 0 Å². The van der Waals surface area contributed by atoms with E-state index in [4.69, 9.17) is 16.3 Å². The summed E-state index contributed by atoms with van der Waals surface area (Å²) in [6.07, 6.45) is 0. The van der Waals surface area contributed by atoms with Gasteiger partial charge in [-0.15, -0.1) is 0 Å². The molecule has 0 saturated carbocycles. The minimum absolute atomic E-state index is 0.131. The molecule has 3 aromatic rings. The van der Waals surface area contributed by atoms with Crippen LogP contribution in [0.4, 0.5) is 11.4 Å². The molecule has 1 N–H and O–H groups in total. The summed E-state index contributed by atoms with van der Waals surface area (Å²) >= 11 is 6.30. The molecule has 0 bridgehead atoms.